The molecule has 94 valence electrons. The molecule has 2 aromatic rings. The van der Waals surface area contributed by atoms with E-state index in [1.807, 2.05) is 31.3 Å². The maximum atomic E-state index is 13.1. The predicted octanol–water partition coefficient (Wildman–Crippen LogP) is 3.05. The van der Waals surface area contributed by atoms with Crippen molar-refractivity contribution in [2.24, 2.45) is 5.73 Å². The van der Waals surface area contributed by atoms with Gasteiger partial charge in [0.2, 0.25) is 0 Å². The fourth-order valence-electron chi connectivity index (χ4n) is 1.76. The molecule has 0 fully saturated rings. The van der Waals surface area contributed by atoms with Crippen molar-refractivity contribution in [2.75, 3.05) is 12.4 Å². The van der Waals surface area contributed by atoms with Gasteiger partial charge < -0.3 is 11.1 Å². The van der Waals surface area contributed by atoms with Crippen LogP contribution in [0.3, 0.4) is 0 Å². The average molecular weight is 248 g/mol. The van der Waals surface area contributed by atoms with E-state index in [1.165, 1.54) is 6.07 Å². The van der Waals surface area contributed by atoms with Crippen molar-refractivity contribution in [2.45, 2.75) is 6.04 Å². The van der Waals surface area contributed by atoms with Gasteiger partial charge in [0, 0.05) is 12.7 Å². The monoisotopic (exact) mass is 248 g/mol. The summed E-state index contributed by atoms with van der Waals surface area (Å²) < 4.78 is 26.0. The molecule has 0 bridgehead atoms. The highest BCUT2D eigenvalue weighted by Gasteiger charge is 2.11. The summed E-state index contributed by atoms with van der Waals surface area (Å²) in [7, 11) is 1.82. The molecule has 0 aromatic heterocycles. The van der Waals surface area contributed by atoms with Gasteiger partial charge >= 0.3 is 0 Å². The van der Waals surface area contributed by atoms with Gasteiger partial charge in [-0.05, 0) is 35.4 Å². The fraction of sp³-hybridized carbons (Fsp3) is 0.143. The Hall–Kier alpha value is -1.94. The van der Waals surface area contributed by atoms with E-state index in [2.05, 4.69) is 5.32 Å². The van der Waals surface area contributed by atoms with E-state index in [0.29, 0.717) is 5.56 Å². The molecule has 0 saturated carbocycles. The summed E-state index contributed by atoms with van der Waals surface area (Å²) in [5.41, 5.74) is 8.38. The van der Waals surface area contributed by atoms with Gasteiger partial charge in [-0.2, -0.15) is 0 Å². The lowest BCUT2D eigenvalue weighted by Crippen LogP contribution is -2.12. The van der Waals surface area contributed by atoms with Crippen LogP contribution in [0.1, 0.15) is 17.2 Å². The molecule has 0 spiro atoms. The average Bonchev–Trinajstić information content (AvgIpc) is 2.41. The van der Waals surface area contributed by atoms with Crippen LogP contribution in [0.5, 0.6) is 0 Å². The van der Waals surface area contributed by atoms with E-state index in [-0.39, 0.29) is 0 Å². The van der Waals surface area contributed by atoms with Crippen LogP contribution in [0.4, 0.5) is 14.5 Å². The Balaban J connectivity index is 2.28. The van der Waals surface area contributed by atoms with Crippen molar-refractivity contribution < 1.29 is 8.78 Å². The first-order valence-electron chi connectivity index (χ1n) is 5.60. The Morgan fingerprint density at radius 3 is 2.11 bits per heavy atom. The summed E-state index contributed by atoms with van der Waals surface area (Å²) in [5.74, 6) is -1.74. The molecule has 3 N–H and O–H groups in total. The SMILES string of the molecule is CNc1ccc(C(N)c2ccc(F)c(F)c2)cc1. The number of benzene rings is 2. The van der Waals surface area contributed by atoms with Crippen molar-refractivity contribution >= 4 is 5.69 Å². The largest absolute Gasteiger partial charge is 0.388 e. The summed E-state index contributed by atoms with van der Waals surface area (Å²) in [4.78, 5) is 0. The van der Waals surface area contributed by atoms with Crippen molar-refractivity contribution in [3.05, 3.63) is 65.2 Å². The second-order valence-electron chi connectivity index (χ2n) is 4.02. The molecular formula is C14H14F2N2. The van der Waals surface area contributed by atoms with Gasteiger partial charge in [-0.15, -0.1) is 0 Å². The predicted molar refractivity (Wildman–Crippen MR) is 68.4 cm³/mol. The summed E-state index contributed by atoms with van der Waals surface area (Å²) in [6, 6.07) is 10.7. The minimum absolute atomic E-state index is 0.467. The van der Waals surface area contributed by atoms with Gasteiger partial charge in [0.1, 0.15) is 0 Å². The van der Waals surface area contributed by atoms with Crippen LogP contribution in [-0.4, -0.2) is 7.05 Å². The third kappa shape index (κ3) is 2.49. The van der Waals surface area contributed by atoms with E-state index in [1.54, 1.807) is 0 Å². The molecule has 1 atom stereocenters. The first kappa shape index (κ1) is 12.5. The van der Waals surface area contributed by atoms with Gasteiger partial charge in [-0.3, -0.25) is 0 Å². The van der Waals surface area contributed by atoms with Crippen LogP contribution in [-0.2, 0) is 0 Å². The molecule has 0 saturated heterocycles. The van der Waals surface area contributed by atoms with Gasteiger partial charge in [-0.1, -0.05) is 18.2 Å². The molecule has 0 radical (unpaired) electrons. The van der Waals surface area contributed by atoms with Crippen LogP contribution in [0, 0.1) is 11.6 Å². The van der Waals surface area contributed by atoms with Gasteiger partial charge in [0.25, 0.3) is 0 Å². The number of anilines is 1. The molecule has 0 aliphatic carbocycles. The highest BCUT2D eigenvalue weighted by atomic mass is 19.2. The topological polar surface area (TPSA) is 38.0 Å². The fourth-order valence-corrected chi connectivity index (χ4v) is 1.76. The van der Waals surface area contributed by atoms with E-state index in [4.69, 9.17) is 5.73 Å². The van der Waals surface area contributed by atoms with E-state index in [0.717, 1.165) is 23.4 Å². The molecule has 0 amide bonds. The Bertz CT molecular complexity index is 538. The molecule has 2 aromatic carbocycles. The highest BCUT2D eigenvalue weighted by molar-refractivity contribution is 5.45. The molecule has 4 heteroatoms. The number of rotatable bonds is 3. The second kappa shape index (κ2) is 5.14. The smallest absolute Gasteiger partial charge is 0.159 e. The molecule has 0 aliphatic rings. The third-order valence-corrected chi connectivity index (χ3v) is 2.86. The van der Waals surface area contributed by atoms with Crippen molar-refractivity contribution in [1.29, 1.82) is 0 Å². The standard InChI is InChI=1S/C14H14F2N2/c1-18-11-5-2-9(3-6-11)14(17)10-4-7-12(15)13(16)8-10/h2-8,14,18H,17H2,1H3. The lowest BCUT2D eigenvalue weighted by molar-refractivity contribution is 0.506. The van der Waals surface area contributed by atoms with Crippen molar-refractivity contribution in [3.8, 4) is 0 Å². The van der Waals surface area contributed by atoms with Crippen molar-refractivity contribution in [1.82, 2.24) is 0 Å². The number of nitrogens with two attached hydrogens (primary N) is 1. The first-order valence-corrected chi connectivity index (χ1v) is 5.60. The summed E-state index contributed by atoms with van der Waals surface area (Å²) in [6.07, 6.45) is 0. The van der Waals surface area contributed by atoms with E-state index in [9.17, 15) is 8.78 Å². The second-order valence-corrected chi connectivity index (χ2v) is 4.02. The summed E-state index contributed by atoms with van der Waals surface area (Å²) in [6.45, 7) is 0. The Morgan fingerprint density at radius 1 is 0.944 bits per heavy atom. The van der Waals surface area contributed by atoms with Gasteiger partial charge in [0.15, 0.2) is 11.6 Å². The Kier molecular flexibility index (Phi) is 3.58. The zero-order valence-electron chi connectivity index (χ0n) is 9.95. The molecule has 2 rings (SSSR count). The van der Waals surface area contributed by atoms with Crippen LogP contribution >= 0.6 is 0 Å². The van der Waals surface area contributed by atoms with Gasteiger partial charge in [-0.25, -0.2) is 8.78 Å². The highest BCUT2D eigenvalue weighted by Crippen LogP contribution is 2.22. The van der Waals surface area contributed by atoms with E-state index < -0.39 is 17.7 Å². The minimum Gasteiger partial charge on any atom is -0.388 e. The molecular weight excluding hydrogens is 234 g/mol. The number of nitrogens with one attached hydrogen (secondary N) is 1. The number of hydrogen-bond donors (Lipinski definition) is 2. The molecule has 0 heterocycles. The normalized spacial score (nSPS) is 12.2. The maximum Gasteiger partial charge on any atom is 0.159 e. The van der Waals surface area contributed by atoms with Crippen LogP contribution < -0.4 is 11.1 Å². The first-order chi connectivity index (χ1) is 8.61. The minimum atomic E-state index is -0.880. The zero-order valence-corrected chi connectivity index (χ0v) is 9.95. The number of hydrogen-bond acceptors (Lipinski definition) is 2. The summed E-state index contributed by atoms with van der Waals surface area (Å²) in [5, 5.41) is 3.00. The molecule has 0 aliphatic heterocycles. The quantitative estimate of drug-likeness (QED) is 0.876. The molecule has 18 heavy (non-hydrogen) atoms. The molecule has 2 nitrogen and oxygen atoms in total. The van der Waals surface area contributed by atoms with Crippen LogP contribution in [0.25, 0.3) is 0 Å². The number of halogens is 2. The van der Waals surface area contributed by atoms with Crippen LogP contribution in [0.2, 0.25) is 0 Å². The van der Waals surface area contributed by atoms with Crippen LogP contribution in [0.15, 0.2) is 42.5 Å². The summed E-state index contributed by atoms with van der Waals surface area (Å²) >= 11 is 0. The van der Waals surface area contributed by atoms with Crippen molar-refractivity contribution in [3.63, 3.8) is 0 Å². The zero-order chi connectivity index (χ0) is 13.1. The van der Waals surface area contributed by atoms with Gasteiger partial charge in [0.05, 0.1) is 6.04 Å². The lowest BCUT2D eigenvalue weighted by atomic mass is 9.99. The Morgan fingerprint density at radius 2 is 1.56 bits per heavy atom. The lowest BCUT2D eigenvalue weighted by Gasteiger charge is -2.13. The third-order valence-electron chi connectivity index (χ3n) is 2.86. The maximum absolute atomic E-state index is 13.1. The van der Waals surface area contributed by atoms with E-state index >= 15 is 0 Å². The Labute approximate surface area is 104 Å². The molecule has 1 unspecified atom stereocenters.